The van der Waals surface area contributed by atoms with Gasteiger partial charge < -0.3 is 5.32 Å². The molecule has 0 bridgehead atoms. The number of aromatic amines is 1. The molecule has 3 aromatic rings. The second-order valence-electron chi connectivity index (χ2n) is 6.57. The average molecular weight is 412 g/mol. The van der Waals surface area contributed by atoms with Crippen LogP contribution in [0.5, 0.6) is 0 Å². The van der Waals surface area contributed by atoms with Crippen molar-refractivity contribution >= 4 is 27.3 Å². The number of aromatic nitrogens is 2. The minimum absolute atomic E-state index is 0.292. The molecular formula is C20H20N4O4S. The van der Waals surface area contributed by atoms with E-state index in [4.69, 9.17) is 0 Å². The predicted molar refractivity (Wildman–Crippen MR) is 113 cm³/mol. The zero-order chi connectivity index (χ0) is 21.2. The molecule has 2 aromatic carbocycles. The molecule has 0 saturated carbocycles. The highest BCUT2D eigenvalue weighted by Gasteiger charge is 2.14. The molecule has 150 valence electrons. The Morgan fingerprint density at radius 1 is 1.07 bits per heavy atom. The number of hydrogen-bond acceptors (Lipinski definition) is 5. The molecule has 3 rings (SSSR count). The fourth-order valence-electron chi connectivity index (χ4n) is 2.63. The van der Waals surface area contributed by atoms with Gasteiger partial charge in [-0.25, -0.2) is 13.5 Å². The zero-order valence-corrected chi connectivity index (χ0v) is 16.9. The Balaban J connectivity index is 1.82. The van der Waals surface area contributed by atoms with Gasteiger partial charge in [0, 0.05) is 29.9 Å². The van der Waals surface area contributed by atoms with Crippen LogP contribution in [0.4, 0.5) is 11.4 Å². The number of hydrogen-bond donors (Lipinski definition) is 2. The third-order valence-electron chi connectivity index (χ3n) is 4.45. The van der Waals surface area contributed by atoms with E-state index in [0.29, 0.717) is 22.6 Å². The molecule has 0 radical (unpaired) electrons. The highest BCUT2D eigenvalue weighted by molar-refractivity contribution is 7.92. The number of nitrogens with zero attached hydrogens (tertiary/aromatic N) is 2. The second-order valence-corrected chi connectivity index (χ2v) is 8.58. The van der Waals surface area contributed by atoms with Gasteiger partial charge >= 0.3 is 0 Å². The molecule has 0 aliphatic carbocycles. The van der Waals surface area contributed by atoms with Gasteiger partial charge in [0.25, 0.3) is 11.5 Å². The van der Waals surface area contributed by atoms with Crippen molar-refractivity contribution in [1.82, 2.24) is 10.2 Å². The van der Waals surface area contributed by atoms with E-state index in [1.807, 2.05) is 19.1 Å². The average Bonchev–Trinajstić information content (AvgIpc) is 2.69. The smallest absolute Gasteiger partial charge is 0.264 e. The van der Waals surface area contributed by atoms with Crippen LogP contribution in [0, 0.1) is 6.92 Å². The number of nitrogens with one attached hydrogen (secondary N) is 2. The molecule has 1 amide bonds. The lowest BCUT2D eigenvalue weighted by atomic mass is 10.1. The number of benzene rings is 2. The largest absolute Gasteiger partial charge is 0.322 e. The SMILES string of the molecule is Cc1ccc(-c2ccc(=O)[nH]n2)cc1NC(=O)c1ccc(N(C)S(C)(=O)=O)cc1. The molecule has 0 unspecified atom stereocenters. The van der Waals surface area contributed by atoms with Crippen LogP contribution in [-0.2, 0) is 10.0 Å². The van der Waals surface area contributed by atoms with Gasteiger partial charge in [0.05, 0.1) is 17.6 Å². The van der Waals surface area contributed by atoms with Crippen LogP contribution in [-0.4, -0.2) is 37.8 Å². The first-order valence-electron chi connectivity index (χ1n) is 8.67. The summed E-state index contributed by atoms with van der Waals surface area (Å²) in [5, 5.41) is 9.24. The summed E-state index contributed by atoms with van der Waals surface area (Å²) in [6.45, 7) is 1.86. The number of rotatable bonds is 5. The second kappa shape index (κ2) is 7.88. The molecule has 8 nitrogen and oxygen atoms in total. The Hall–Kier alpha value is -3.46. The third kappa shape index (κ3) is 4.69. The lowest BCUT2D eigenvalue weighted by Gasteiger charge is -2.17. The number of anilines is 2. The van der Waals surface area contributed by atoms with Crippen molar-refractivity contribution in [3.8, 4) is 11.3 Å². The first-order valence-corrected chi connectivity index (χ1v) is 10.5. The number of H-pyrrole nitrogens is 1. The van der Waals surface area contributed by atoms with Crippen molar-refractivity contribution in [2.24, 2.45) is 0 Å². The summed E-state index contributed by atoms with van der Waals surface area (Å²) < 4.78 is 24.4. The summed E-state index contributed by atoms with van der Waals surface area (Å²) in [7, 11) is -1.92. The van der Waals surface area contributed by atoms with E-state index in [9.17, 15) is 18.0 Å². The standard InChI is InChI=1S/C20H20N4O4S/c1-13-4-5-15(17-10-11-19(25)23-22-17)12-18(13)21-20(26)14-6-8-16(9-7-14)24(2)29(3,27)28/h4-12H,1-3H3,(H,21,26)(H,23,25). The lowest BCUT2D eigenvalue weighted by Crippen LogP contribution is -2.24. The van der Waals surface area contributed by atoms with Crippen LogP contribution in [0.15, 0.2) is 59.4 Å². The first-order chi connectivity index (χ1) is 13.6. The fraction of sp³-hybridized carbons (Fsp3) is 0.150. The van der Waals surface area contributed by atoms with Crippen molar-refractivity contribution < 1.29 is 13.2 Å². The molecule has 0 spiro atoms. The molecule has 29 heavy (non-hydrogen) atoms. The van der Waals surface area contributed by atoms with Gasteiger partial charge in [0.2, 0.25) is 10.0 Å². The van der Waals surface area contributed by atoms with Gasteiger partial charge in [-0.2, -0.15) is 5.10 Å². The summed E-state index contributed by atoms with van der Waals surface area (Å²) in [5.74, 6) is -0.326. The van der Waals surface area contributed by atoms with Crippen LogP contribution >= 0.6 is 0 Å². The van der Waals surface area contributed by atoms with Crippen LogP contribution in [0.2, 0.25) is 0 Å². The highest BCUT2D eigenvalue weighted by Crippen LogP contribution is 2.24. The van der Waals surface area contributed by atoms with Gasteiger partial charge in [0.15, 0.2) is 0 Å². The molecule has 1 heterocycles. The molecule has 0 aliphatic rings. The van der Waals surface area contributed by atoms with Gasteiger partial charge in [-0.3, -0.25) is 13.9 Å². The van der Waals surface area contributed by atoms with Gasteiger partial charge in [0.1, 0.15) is 0 Å². The van der Waals surface area contributed by atoms with E-state index < -0.39 is 10.0 Å². The van der Waals surface area contributed by atoms with Crippen molar-refractivity contribution in [2.75, 3.05) is 22.9 Å². The Bertz CT molecular complexity index is 1200. The van der Waals surface area contributed by atoms with Crippen molar-refractivity contribution in [1.29, 1.82) is 0 Å². The Morgan fingerprint density at radius 3 is 2.34 bits per heavy atom. The molecule has 0 atom stereocenters. The molecule has 2 N–H and O–H groups in total. The third-order valence-corrected chi connectivity index (χ3v) is 5.66. The van der Waals surface area contributed by atoms with Crippen LogP contribution in [0.25, 0.3) is 11.3 Å². The number of aryl methyl sites for hydroxylation is 1. The molecular weight excluding hydrogens is 392 g/mol. The van der Waals surface area contributed by atoms with Crippen LogP contribution < -0.4 is 15.2 Å². The quantitative estimate of drug-likeness (QED) is 0.668. The van der Waals surface area contributed by atoms with E-state index in [2.05, 4.69) is 15.5 Å². The number of carbonyl (C=O) groups excluding carboxylic acids is 1. The van der Waals surface area contributed by atoms with E-state index in [1.165, 1.54) is 13.1 Å². The van der Waals surface area contributed by atoms with E-state index in [-0.39, 0.29) is 11.5 Å². The molecule has 1 aromatic heterocycles. The normalized spacial score (nSPS) is 11.1. The molecule has 0 saturated heterocycles. The fourth-order valence-corrected chi connectivity index (χ4v) is 3.13. The Kier molecular flexibility index (Phi) is 5.51. The van der Waals surface area contributed by atoms with Gasteiger partial charge in [-0.05, 0) is 48.9 Å². The monoisotopic (exact) mass is 412 g/mol. The van der Waals surface area contributed by atoms with E-state index in [0.717, 1.165) is 21.7 Å². The Morgan fingerprint density at radius 2 is 1.76 bits per heavy atom. The van der Waals surface area contributed by atoms with Gasteiger partial charge in [-0.1, -0.05) is 12.1 Å². The van der Waals surface area contributed by atoms with Crippen molar-refractivity contribution in [3.63, 3.8) is 0 Å². The summed E-state index contributed by atoms with van der Waals surface area (Å²) >= 11 is 0. The molecule has 0 fully saturated rings. The van der Waals surface area contributed by atoms with Crippen molar-refractivity contribution in [3.05, 3.63) is 76.1 Å². The summed E-state index contributed by atoms with van der Waals surface area (Å²) in [5.41, 5.74) is 3.35. The lowest BCUT2D eigenvalue weighted by molar-refractivity contribution is 0.102. The summed E-state index contributed by atoms with van der Waals surface area (Å²) in [4.78, 5) is 23.8. The van der Waals surface area contributed by atoms with Crippen LogP contribution in [0.3, 0.4) is 0 Å². The maximum atomic E-state index is 12.6. The number of amides is 1. The first kappa shape index (κ1) is 20.3. The summed E-state index contributed by atoms with van der Waals surface area (Å²) in [6.07, 6.45) is 1.11. The number of carbonyl (C=O) groups is 1. The van der Waals surface area contributed by atoms with Gasteiger partial charge in [-0.15, -0.1) is 0 Å². The van der Waals surface area contributed by atoms with Crippen LogP contribution in [0.1, 0.15) is 15.9 Å². The number of sulfonamides is 1. The topological polar surface area (TPSA) is 112 Å². The van der Waals surface area contributed by atoms with E-state index >= 15 is 0 Å². The maximum absolute atomic E-state index is 12.6. The maximum Gasteiger partial charge on any atom is 0.264 e. The molecule has 0 aliphatic heterocycles. The predicted octanol–water partition coefficient (Wildman–Crippen LogP) is 2.39. The minimum Gasteiger partial charge on any atom is -0.322 e. The van der Waals surface area contributed by atoms with Crippen molar-refractivity contribution in [2.45, 2.75) is 6.92 Å². The minimum atomic E-state index is -3.37. The zero-order valence-electron chi connectivity index (χ0n) is 16.1. The highest BCUT2D eigenvalue weighted by atomic mass is 32.2. The Labute approximate surface area is 168 Å². The van der Waals surface area contributed by atoms with E-state index in [1.54, 1.807) is 36.4 Å². The molecule has 9 heteroatoms. The summed E-state index contributed by atoms with van der Waals surface area (Å²) in [6, 6.07) is 14.7.